The van der Waals surface area contributed by atoms with E-state index in [9.17, 15) is 8.42 Å². The number of hydrogen-bond donors (Lipinski definition) is 3. The van der Waals surface area contributed by atoms with E-state index in [-0.39, 0.29) is 4.21 Å². The molecule has 1 aromatic carbocycles. The van der Waals surface area contributed by atoms with Crippen molar-refractivity contribution in [1.29, 1.82) is 0 Å². The summed E-state index contributed by atoms with van der Waals surface area (Å²) in [6.07, 6.45) is 0.975. The molecule has 160 valence electrons. The normalized spacial score (nSPS) is 13.5. The number of guanidine groups is 1. The van der Waals surface area contributed by atoms with Crippen LogP contribution in [0.25, 0.3) is 0 Å². The predicted octanol–water partition coefficient (Wildman–Crippen LogP) is 2.36. The molecular weight excluding hydrogens is 406 g/mol. The first kappa shape index (κ1) is 23.3. The first-order chi connectivity index (χ1) is 13.8. The van der Waals surface area contributed by atoms with Gasteiger partial charge < -0.3 is 10.6 Å². The summed E-state index contributed by atoms with van der Waals surface area (Å²) < 4.78 is 22.9. The molecule has 0 saturated carbocycles. The highest BCUT2D eigenvalue weighted by Crippen LogP contribution is 2.20. The van der Waals surface area contributed by atoms with E-state index in [0.29, 0.717) is 12.6 Å². The third kappa shape index (κ3) is 8.14. The van der Waals surface area contributed by atoms with Crippen LogP contribution in [0.15, 0.2) is 51.7 Å². The fourth-order valence-electron chi connectivity index (χ4n) is 2.74. The van der Waals surface area contributed by atoms with Gasteiger partial charge in [-0.1, -0.05) is 30.3 Å². The lowest BCUT2D eigenvalue weighted by Gasteiger charge is -2.25. The zero-order valence-electron chi connectivity index (χ0n) is 17.3. The van der Waals surface area contributed by atoms with Gasteiger partial charge in [-0.2, -0.15) is 0 Å². The molecule has 1 heterocycles. The SMILES string of the molecule is CCNC(=NCc1ccc(S(N)(=O)=O)s1)NCCC(C)N(C)Cc1ccccc1. The van der Waals surface area contributed by atoms with Crippen LogP contribution >= 0.6 is 11.3 Å². The first-order valence-corrected chi connectivity index (χ1v) is 12.0. The molecule has 0 bridgehead atoms. The predicted molar refractivity (Wildman–Crippen MR) is 120 cm³/mol. The van der Waals surface area contributed by atoms with Crippen LogP contribution < -0.4 is 15.8 Å². The molecule has 29 heavy (non-hydrogen) atoms. The number of nitrogens with two attached hydrogens (primary N) is 1. The molecule has 0 aliphatic rings. The maximum Gasteiger partial charge on any atom is 0.247 e. The lowest BCUT2D eigenvalue weighted by molar-refractivity contribution is 0.238. The molecule has 1 atom stereocenters. The Balaban J connectivity index is 1.83. The van der Waals surface area contributed by atoms with Crippen LogP contribution in [0.1, 0.15) is 30.7 Å². The van der Waals surface area contributed by atoms with E-state index in [2.05, 4.69) is 58.8 Å². The van der Waals surface area contributed by atoms with Crippen LogP contribution in [-0.4, -0.2) is 45.5 Å². The average molecular weight is 438 g/mol. The zero-order chi connectivity index (χ0) is 21.3. The minimum absolute atomic E-state index is 0.163. The molecule has 4 N–H and O–H groups in total. The number of rotatable bonds is 10. The summed E-state index contributed by atoms with van der Waals surface area (Å²) in [7, 11) is -1.52. The van der Waals surface area contributed by atoms with Gasteiger partial charge in [0.25, 0.3) is 0 Å². The van der Waals surface area contributed by atoms with Crippen LogP contribution in [-0.2, 0) is 23.1 Å². The van der Waals surface area contributed by atoms with Crippen LogP contribution in [0, 0.1) is 0 Å². The number of thiophene rings is 1. The molecule has 9 heteroatoms. The number of nitrogens with one attached hydrogen (secondary N) is 2. The quantitative estimate of drug-likeness (QED) is 0.391. The molecule has 0 fully saturated rings. The van der Waals surface area contributed by atoms with Gasteiger partial charge in [0.15, 0.2) is 5.96 Å². The number of hydrogen-bond acceptors (Lipinski definition) is 5. The zero-order valence-corrected chi connectivity index (χ0v) is 18.9. The van der Waals surface area contributed by atoms with Crippen LogP contribution in [0.5, 0.6) is 0 Å². The number of aliphatic imine (C=N–C) groups is 1. The van der Waals surface area contributed by atoms with Gasteiger partial charge in [0.2, 0.25) is 10.0 Å². The minimum atomic E-state index is -3.65. The van der Waals surface area contributed by atoms with Gasteiger partial charge >= 0.3 is 0 Å². The van der Waals surface area contributed by atoms with Gasteiger partial charge in [-0.25, -0.2) is 18.5 Å². The molecule has 2 rings (SSSR count). The Bertz CT molecular complexity index is 881. The van der Waals surface area contributed by atoms with Crippen molar-refractivity contribution < 1.29 is 8.42 Å². The van der Waals surface area contributed by atoms with E-state index in [1.807, 2.05) is 13.0 Å². The van der Waals surface area contributed by atoms with Gasteiger partial charge in [-0.3, -0.25) is 4.90 Å². The van der Waals surface area contributed by atoms with Crippen molar-refractivity contribution >= 4 is 27.3 Å². The van der Waals surface area contributed by atoms with Crippen LogP contribution in [0.2, 0.25) is 0 Å². The van der Waals surface area contributed by atoms with E-state index < -0.39 is 10.0 Å². The summed E-state index contributed by atoms with van der Waals surface area (Å²) in [6, 6.07) is 14.1. The fraction of sp³-hybridized carbons (Fsp3) is 0.450. The largest absolute Gasteiger partial charge is 0.357 e. The Hall–Kier alpha value is -1.94. The highest BCUT2D eigenvalue weighted by Gasteiger charge is 2.12. The van der Waals surface area contributed by atoms with E-state index in [1.165, 1.54) is 11.6 Å². The summed E-state index contributed by atoms with van der Waals surface area (Å²) in [5.74, 6) is 0.718. The lowest BCUT2D eigenvalue weighted by atomic mass is 10.1. The van der Waals surface area contributed by atoms with Crippen LogP contribution in [0.4, 0.5) is 0 Å². The molecule has 2 aromatic rings. The molecule has 0 aliphatic heterocycles. The fourth-order valence-corrected chi connectivity index (χ4v) is 4.45. The van der Waals surface area contributed by atoms with Crippen molar-refractivity contribution in [1.82, 2.24) is 15.5 Å². The Morgan fingerprint density at radius 1 is 1.21 bits per heavy atom. The van der Waals surface area contributed by atoms with Gasteiger partial charge in [0.05, 0.1) is 6.54 Å². The Morgan fingerprint density at radius 2 is 1.93 bits per heavy atom. The Labute approximate surface area is 178 Å². The average Bonchev–Trinajstić information content (AvgIpc) is 3.16. The third-order valence-corrected chi connectivity index (χ3v) is 7.04. The summed E-state index contributed by atoms with van der Waals surface area (Å²) >= 11 is 1.15. The topological polar surface area (TPSA) is 99.8 Å². The van der Waals surface area contributed by atoms with Crippen molar-refractivity contribution in [2.45, 2.75) is 43.6 Å². The molecule has 0 aliphatic carbocycles. The second-order valence-corrected chi connectivity index (χ2v) is 9.88. The maximum absolute atomic E-state index is 11.4. The van der Waals surface area contributed by atoms with E-state index >= 15 is 0 Å². The van der Waals surface area contributed by atoms with E-state index in [0.717, 1.165) is 48.2 Å². The van der Waals surface area contributed by atoms with Crippen molar-refractivity contribution in [3.05, 3.63) is 52.9 Å². The molecule has 0 spiro atoms. The molecule has 7 nitrogen and oxygen atoms in total. The number of benzene rings is 1. The lowest BCUT2D eigenvalue weighted by Crippen LogP contribution is -2.40. The number of sulfonamides is 1. The van der Waals surface area contributed by atoms with Crippen molar-refractivity contribution in [2.75, 3.05) is 20.1 Å². The van der Waals surface area contributed by atoms with E-state index in [1.54, 1.807) is 6.07 Å². The Kier molecular flexibility index (Phi) is 9.09. The highest BCUT2D eigenvalue weighted by atomic mass is 32.2. The van der Waals surface area contributed by atoms with Crippen molar-refractivity contribution in [2.24, 2.45) is 10.1 Å². The summed E-state index contributed by atoms with van der Waals surface area (Å²) in [4.78, 5) is 7.73. The van der Waals surface area contributed by atoms with Crippen LogP contribution in [0.3, 0.4) is 0 Å². The maximum atomic E-state index is 11.4. The standard InChI is InChI=1S/C20H31N5O2S2/c1-4-22-20(24-14-18-10-11-19(28-18)29(21,26)27)23-13-12-16(2)25(3)15-17-8-6-5-7-9-17/h5-11,16H,4,12-15H2,1-3H3,(H2,21,26,27)(H2,22,23,24). The summed E-state index contributed by atoms with van der Waals surface area (Å²) in [6.45, 7) is 7.09. The molecule has 1 aromatic heterocycles. The molecular formula is C20H31N5O2S2. The monoisotopic (exact) mass is 437 g/mol. The van der Waals surface area contributed by atoms with Gasteiger partial charge in [-0.05, 0) is 45.0 Å². The first-order valence-electron chi connectivity index (χ1n) is 9.67. The second-order valence-electron chi connectivity index (χ2n) is 6.93. The molecule has 0 amide bonds. The highest BCUT2D eigenvalue weighted by molar-refractivity contribution is 7.91. The second kappa shape index (κ2) is 11.3. The number of nitrogens with zero attached hydrogens (tertiary/aromatic N) is 2. The molecule has 0 radical (unpaired) electrons. The van der Waals surface area contributed by atoms with Gasteiger partial charge in [0, 0.05) is 30.6 Å². The van der Waals surface area contributed by atoms with Gasteiger partial charge in [-0.15, -0.1) is 11.3 Å². The van der Waals surface area contributed by atoms with Gasteiger partial charge in [0.1, 0.15) is 4.21 Å². The van der Waals surface area contributed by atoms with E-state index in [4.69, 9.17) is 5.14 Å². The number of primary sulfonamides is 1. The smallest absolute Gasteiger partial charge is 0.247 e. The third-order valence-electron chi connectivity index (χ3n) is 4.54. The summed E-state index contributed by atoms with van der Waals surface area (Å²) in [5, 5.41) is 11.7. The van der Waals surface area contributed by atoms with Crippen molar-refractivity contribution in [3.8, 4) is 0 Å². The van der Waals surface area contributed by atoms with Crippen molar-refractivity contribution in [3.63, 3.8) is 0 Å². The molecule has 0 saturated heterocycles. The molecule has 1 unspecified atom stereocenters. The minimum Gasteiger partial charge on any atom is -0.357 e. The summed E-state index contributed by atoms with van der Waals surface area (Å²) in [5.41, 5.74) is 1.31. The Morgan fingerprint density at radius 3 is 2.55 bits per heavy atom.